The Morgan fingerprint density at radius 2 is 2.06 bits per heavy atom. The molecule has 6 nitrogen and oxygen atoms in total. The van der Waals surface area contributed by atoms with Gasteiger partial charge in [-0.2, -0.15) is 5.26 Å². The first kappa shape index (κ1) is 21.1. The van der Waals surface area contributed by atoms with Gasteiger partial charge in [-0.25, -0.2) is 4.79 Å². The molecule has 1 aliphatic rings. The number of allylic oxidation sites excluding steroid dienone is 1. The van der Waals surface area contributed by atoms with Crippen LogP contribution in [0.15, 0.2) is 63.7 Å². The molecule has 0 fully saturated rings. The zero-order chi connectivity index (χ0) is 23.3. The van der Waals surface area contributed by atoms with Crippen LogP contribution in [0, 0.1) is 25.2 Å². The number of hydrogen-bond donors (Lipinski definition) is 1. The molecule has 0 radical (unpaired) electrons. The van der Waals surface area contributed by atoms with Crippen LogP contribution in [0.5, 0.6) is 11.5 Å². The summed E-state index contributed by atoms with van der Waals surface area (Å²) in [5, 5.41) is 12.9. The number of ether oxygens (including phenoxy) is 2. The van der Waals surface area contributed by atoms with Crippen LogP contribution in [0.25, 0.3) is 11.0 Å². The number of fused-ring (bicyclic) bond motifs is 2. The molecular weight excluding hydrogens is 460 g/mol. The topological polar surface area (TPSA) is 98.5 Å². The van der Waals surface area contributed by atoms with Crippen molar-refractivity contribution < 1.29 is 18.7 Å². The van der Waals surface area contributed by atoms with Gasteiger partial charge in [0.05, 0.1) is 5.92 Å². The molecular formula is C25H17ClN2O4S. The molecule has 1 unspecified atom stereocenters. The molecule has 0 aliphatic carbocycles. The number of esters is 1. The molecule has 0 saturated carbocycles. The molecule has 0 spiro atoms. The summed E-state index contributed by atoms with van der Waals surface area (Å²) < 4.78 is 17.1. The van der Waals surface area contributed by atoms with E-state index in [2.05, 4.69) is 6.07 Å². The lowest BCUT2D eigenvalue weighted by atomic mass is 9.88. The van der Waals surface area contributed by atoms with Crippen LogP contribution < -0.4 is 15.2 Å². The Bertz CT molecular complexity index is 1500. The number of nitriles is 1. The monoisotopic (exact) mass is 476 g/mol. The number of furan rings is 1. The third kappa shape index (κ3) is 3.54. The SMILES string of the molecule is Cc1cc2oc(C(=O)Oc3ccc4c(c3)OC(N)=C(C#N)C4c3cccs3)c(C)c2cc1Cl. The van der Waals surface area contributed by atoms with Crippen molar-refractivity contribution in [2.24, 2.45) is 5.73 Å². The quantitative estimate of drug-likeness (QED) is 0.279. The molecule has 5 rings (SSSR count). The van der Waals surface area contributed by atoms with E-state index in [4.69, 9.17) is 31.2 Å². The summed E-state index contributed by atoms with van der Waals surface area (Å²) in [6.07, 6.45) is 0. The van der Waals surface area contributed by atoms with Crippen LogP contribution >= 0.6 is 22.9 Å². The average Bonchev–Trinajstić information content (AvgIpc) is 3.42. The van der Waals surface area contributed by atoms with E-state index in [9.17, 15) is 10.1 Å². The Morgan fingerprint density at radius 3 is 2.79 bits per heavy atom. The van der Waals surface area contributed by atoms with Gasteiger partial charge in [-0.05, 0) is 49.1 Å². The lowest BCUT2D eigenvalue weighted by Gasteiger charge is -2.25. The van der Waals surface area contributed by atoms with Gasteiger partial charge in [-0.3, -0.25) is 0 Å². The van der Waals surface area contributed by atoms with Crippen molar-refractivity contribution in [2.75, 3.05) is 0 Å². The zero-order valence-electron chi connectivity index (χ0n) is 17.6. The Kier molecular flexibility index (Phi) is 5.12. The van der Waals surface area contributed by atoms with E-state index in [1.54, 1.807) is 37.3 Å². The van der Waals surface area contributed by atoms with Gasteiger partial charge in [0.1, 0.15) is 28.7 Å². The van der Waals surface area contributed by atoms with Gasteiger partial charge < -0.3 is 19.6 Å². The number of carbonyl (C=O) groups excluding carboxylic acids is 1. The molecule has 2 N–H and O–H groups in total. The molecule has 33 heavy (non-hydrogen) atoms. The van der Waals surface area contributed by atoms with Crippen molar-refractivity contribution >= 4 is 39.9 Å². The molecule has 0 amide bonds. The smallest absolute Gasteiger partial charge is 0.379 e. The molecule has 3 heterocycles. The number of aryl methyl sites for hydroxylation is 2. The highest BCUT2D eigenvalue weighted by atomic mass is 35.5. The van der Waals surface area contributed by atoms with Crippen LogP contribution in [0.1, 0.15) is 38.0 Å². The Labute approximate surface area is 198 Å². The van der Waals surface area contributed by atoms with Gasteiger partial charge in [0.25, 0.3) is 0 Å². The highest BCUT2D eigenvalue weighted by molar-refractivity contribution is 7.10. The summed E-state index contributed by atoms with van der Waals surface area (Å²) in [4.78, 5) is 13.9. The van der Waals surface area contributed by atoms with E-state index in [1.807, 2.05) is 24.4 Å². The first-order valence-corrected chi connectivity index (χ1v) is 11.3. The summed E-state index contributed by atoms with van der Waals surface area (Å²) in [6.45, 7) is 3.65. The number of nitrogens with zero attached hydrogens (tertiary/aromatic N) is 1. The molecule has 2 aromatic carbocycles. The first-order chi connectivity index (χ1) is 15.9. The molecule has 2 aromatic heterocycles. The first-order valence-electron chi connectivity index (χ1n) is 10.0. The van der Waals surface area contributed by atoms with Gasteiger partial charge in [0, 0.05) is 32.5 Å². The zero-order valence-corrected chi connectivity index (χ0v) is 19.2. The van der Waals surface area contributed by atoms with Crippen LogP contribution in [-0.2, 0) is 0 Å². The minimum Gasteiger partial charge on any atom is -0.449 e. The van der Waals surface area contributed by atoms with E-state index in [0.717, 1.165) is 21.4 Å². The standard InChI is InChI=1S/C25H17ClN2O4S/c1-12-8-19-16(10-18(12)26)13(2)23(31-19)25(29)30-14-5-6-15-20(9-14)32-24(28)17(11-27)22(15)21-4-3-7-33-21/h3-10,22H,28H2,1-2H3. The number of nitrogens with two attached hydrogens (primary N) is 1. The van der Waals surface area contributed by atoms with Crippen molar-refractivity contribution in [2.45, 2.75) is 19.8 Å². The number of rotatable bonds is 3. The van der Waals surface area contributed by atoms with E-state index in [1.165, 1.54) is 11.3 Å². The van der Waals surface area contributed by atoms with E-state index in [-0.39, 0.29) is 23.3 Å². The van der Waals surface area contributed by atoms with Crippen LogP contribution in [-0.4, -0.2) is 5.97 Å². The predicted molar refractivity (Wildman–Crippen MR) is 126 cm³/mol. The van der Waals surface area contributed by atoms with Gasteiger partial charge in [0.15, 0.2) is 0 Å². The number of hydrogen-bond acceptors (Lipinski definition) is 7. The molecule has 164 valence electrons. The van der Waals surface area contributed by atoms with Crippen molar-refractivity contribution in [3.8, 4) is 17.6 Å². The maximum Gasteiger partial charge on any atom is 0.379 e. The van der Waals surface area contributed by atoms with Gasteiger partial charge in [0.2, 0.25) is 11.6 Å². The Morgan fingerprint density at radius 1 is 1.24 bits per heavy atom. The van der Waals surface area contributed by atoms with E-state index >= 15 is 0 Å². The average molecular weight is 477 g/mol. The number of thiophene rings is 1. The third-order valence-electron chi connectivity index (χ3n) is 5.63. The van der Waals surface area contributed by atoms with Gasteiger partial charge in [-0.1, -0.05) is 23.7 Å². The lowest BCUT2D eigenvalue weighted by molar-refractivity contribution is 0.0702. The van der Waals surface area contributed by atoms with Crippen LogP contribution in [0.2, 0.25) is 5.02 Å². The van der Waals surface area contributed by atoms with Crippen molar-refractivity contribution in [3.05, 3.63) is 91.7 Å². The molecule has 4 aromatic rings. The fourth-order valence-electron chi connectivity index (χ4n) is 3.94. The summed E-state index contributed by atoms with van der Waals surface area (Å²) in [5.74, 6) is -0.136. The highest BCUT2D eigenvalue weighted by Crippen LogP contribution is 2.44. The van der Waals surface area contributed by atoms with Crippen LogP contribution in [0.4, 0.5) is 0 Å². The highest BCUT2D eigenvalue weighted by Gasteiger charge is 2.32. The second-order valence-electron chi connectivity index (χ2n) is 7.68. The van der Waals surface area contributed by atoms with Crippen molar-refractivity contribution in [1.82, 2.24) is 0 Å². The molecule has 8 heteroatoms. The molecule has 0 saturated heterocycles. The predicted octanol–water partition coefficient (Wildman–Crippen LogP) is 6.20. The number of carbonyl (C=O) groups is 1. The summed E-state index contributed by atoms with van der Waals surface area (Å²) in [6, 6.07) is 14.6. The van der Waals surface area contributed by atoms with Crippen molar-refractivity contribution in [1.29, 1.82) is 5.26 Å². The van der Waals surface area contributed by atoms with Gasteiger partial charge in [-0.15, -0.1) is 11.3 Å². The van der Waals surface area contributed by atoms with Gasteiger partial charge >= 0.3 is 5.97 Å². The fraction of sp³-hybridized carbons (Fsp3) is 0.120. The fourth-order valence-corrected chi connectivity index (χ4v) is 4.95. The maximum absolute atomic E-state index is 12.9. The molecule has 1 aliphatic heterocycles. The van der Waals surface area contributed by atoms with E-state index < -0.39 is 5.97 Å². The second-order valence-corrected chi connectivity index (χ2v) is 9.07. The lowest BCUT2D eigenvalue weighted by Crippen LogP contribution is -2.20. The summed E-state index contributed by atoms with van der Waals surface area (Å²) >= 11 is 7.75. The number of benzene rings is 2. The maximum atomic E-state index is 12.9. The minimum atomic E-state index is -0.635. The third-order valence-corrected chi connectivity index (χ3v) is 6.98. The molecule has 0 bridgehead atoms. The summed E-state index contributed by atoms with van der Waals surface area (Å²) in [5.41, 5.74) is 9.22. The Balaban J connectivity index is 1.48. The van der Waals surface area contributed by atoms with Crippen LogP contribution in [0.3, 0.4) is 0 Å². The summed E-state index contributed by atoms with van der Waals surface area (Å²) in [7, 11) is 0. The number of halogens is 1. The normalized spacial score (nSPS) is 15.2. The van der Waals surface area contributed by atoms with Crippen molar-refractivity contribution in [3.63, 3.8) is 0 Å². The second kappa shape index (κ2) is 8.00. The molecule has 1 atom stereocenters. The minimum absolute atomic E-state index is 0.0345. The largest absolute Gasteiger partial charge is 0.449 e. The Hall–Kier alpha value is -3.73. The van der Waals surface area contributed by atoms with E-state index in [0.29, 0.717) is 27.5 Å².